The first-order valence-electron chi connectivity index (χ1n) is 5.78. The minimum Gasteiger partial charge on any atom is -0.333 e. The first kappa shape index (κ1) is 12.5. The van der Waals surface area contributed by atoms with Crippen molar-refractivity contribution in [3.8, 4) is 0 Å². The molecule has 4 heteroatoms. The molecule has 1 aliphatic heterocycles. The molecule has 18 heavy (non-hydrogen) atoms. The van der Waals surface area contributed by atoms with Crippen LogP contribution in [0.1, 0.15) is 24.2 Å². The normalized spacial score (nSPS) is 22.4. The van der Waals surface area contributed by atoms with Gasteiger partial charge in [0.2, 0.25) is 5.91 Å². The van der Waals surface area contributed by atoms with Gasteiger partial charge in [-0.15, -0.1) is 0 Å². The van der Waals surface area contributed by atoms with Crippen LogP contribution in [-0.2, 0) is 9.59 Å². The predicted molar refractivity (Wildman–Crippen MR) is 66.1 cm³/mol. The third-order valence-corrected chi connectivity index (χ3v) is 3.60. The van der Waals surface area contributed by atoms with Crippen molar-refractivity contribution in [1.82, 2.24) is 4.90 Å². The number of carbonyl (C=O) groups excluding carboxylic acids is 3. The summed E-state index contributed by atoms with van der Waals surface area (Å²) in [6.45, 7) is 3.32. The predicted octanol–water partition coefficient (Wildman–Crippen LogP) is 1.31. The van der Waals surface area contributed by atoms with Crippen LogP contribution in [0.4, 0.5) is 0 Å². The van der Waals surface area contributed by atoms with E-state index in [0.717, 1.165) is 0 Å². The van der Waals surface area contributed by atoms with Crippen LogP contribution >= 0.6 is 0 Å². The Morgan fingerprint density at radius 3 is 2.17 bits per heavy atom. The summed E-state index contributed by atoms with van der Waals surface area (Å²) < 4.78 is 0. The highest BCUT2D eigenvalue weighted by Gasteiger charge is 2.54. The molecular weight excluding hydrogens is 230 g/mol. The molecule has 94 valence electrons. The molecular formula is C14H15NO3. The van der Waals surface area contributed by atoms with Gasteiger partial charge in [-0.05, 0) is 13.8 Å². The molecule has 1 atom stereocenters. The van der Waals surface area contributed by atoms with Crippen molar-refractivity contribution in [3.05, 3.63) is 35.9 Å². The van der Waals surface area contributed by atoms with Gasteiger partial charge in [0.15, 0.2) is 17.5 Å². The number of Topliss-reactive ketones (excluding diaryl/α,β-unsaturated/α-hetero) is 2. The van der Waals surface area contributed by atoms with Crippen molar-refractivity contribution in [2.75, 3.05) is 7.05 Å². The highest BCUT2D eigenvalue weighted by atomic mass is 16.2. The van der Waals surface area contributed by atoms with Crippen LogP contribution in [0.5, 0.6) is 0 Å². The van der Waals surface area contributed by atoms with Crippen LogP contribution in [0, 0.1) is 5.92 Å². The second kappa shape index (κ2) is 4.05. The van der Waals surface area contributed by atoms with Crippen LogP contribution < -0.4 is 0 Å². The number of amides is 1. The largest absolute Gasteiger partial charge is 0.333 e. The van der Waals surface area contributed by atoms with Crippen LogP contribution in [0.15, 0.2) is 30.3 Å². The maximum atomic E-state index is 12.2. The monoisotopic (exact) mass is 245 g/mol. The molecule has 0 bridgehead atoms. The van der Waals surface area contributed by atoms with Crippen molar-refractivity contribution in [2.45, 2.75) is 19.4 Å². The number of hydrogen-bond acceptors (Lipinski definition) is 3. The molecule has 1 aliphatic rings. The molecule has 1 aromatic carbocycles. The van der Waals surface area contributed by atoms with Gasteiger partial charge in [0, 0.05) is 12.6 Å². The Morgan fingerprint density at radius 2 is 1.72 bits per heavy atom. The molecule has 2 rings (SSSR count). The van der Waals surface area contributed by atoms with E-state index in [1.807, 2.05) is 0 Å². The van der Waals surface area contributed by atoms with Gasteiger partial charge < -0.3 is 4.90 Å². The number of nitrogens with zero attached hydrogens (tertiary/aromatic N) is 1. The molecule has 1 unspecified atom stereocenters. The van der Waals surface area contributed by atoms with E-state index in [9.17, 15) is 14.4 Å². The van der Waals surface area contributed by atoms with Crippen LogP contribution in [-0.4, -0.2) is 35.0 Å². The third-order valence-electron chi connectivity index (χ3n) is 3.60. The fourth-order valence-corrected chi connectivity index (χ4v) is 2.10. The number of ketones is 2. The van der Waals surface area contributed by atoms with Crippen molar-refractivity contribution >= 4 is 17.5 Å². The number of hydrogen-bond donors (Lipinski definition) is 0. The summed E-state index contributed by atoms with van der Waals surface area (Å²) in [7, 11) is 1.55. The van der Waals surface area contributed by atoms with Gasteiger partial charge in [0.1, 0.15) is 0 Å². The molecule has 0 aromatic heterocycles. The summed E-state index contributed by atoms with van der Waals surface area (Å²) >= 11 is 0. The molecule has 1 saturated heterocycles. The van der Waals surface area contributed by atoms with E-state index >= 15 is 0 Å². The van der Waals surface area contributed by atoms with Crippen LogP contribution in [0.3, 0.4) is 0 Å². The van der Waals surface area contributed by atoms with Gasteiger partial charge in [-0.1, -0.05) is 30.3 Å². The Morgan fingerprint density at radius 1 is 1.17 bits per heavy atom. The van der Waals surface area contributed by atoms with Gasteiger partial charge in [0.25, 0.3) is 0 Å². The topological polar surface area (TPSA) is 54.5 Å². The minimum absolute atomic E-state index is 0.330. The van der Waals surface area contributed by atoms with E-state index in [2.05, 4.69) is 0 Å². The minimum atomic E-state index is -1.19. The first-order valence-corrected chi connectivity index (χ1v) is 5.78. The summed E-state index contributed by atoms with van der Waals surface area (Å²) in [5.74, 6) is -2.35. The average molecular weight is 245 g/mol. The molecule has 4 nitrogen and oxygen atoms in total. The van der Waals surface area contributed by atoms with E-state index < -0.39 is 23.1 Å². The highest BCUT2D eigenvalue weighted by Crippen LogP contribution is 2.30. The van der Waals surface area contributed by atoms with E-state index in [1.54, 1.807) is 51.2 Å². The smallest absolute Gasteiger partial charge is 0.241 e. The Labute approximate surface area is 106 Å². The maximum Gasteiger partial charge on any atom is 0.241 e. The second-order valence-corrected chi connectivity index (χ2v) is 4.98. The van der Waals surface area contributed by atoms with Crippen molar-refractivity contribution in [2.24, 2.45) is 5.92 Å². The lowest BCUT2D eigenvalue weighted by molar-refractivity contribution is -0.130. The van der Waals surface area contributed by atoms with E-state index in [4.69, 9.17) is 0 Å². The van der Waals surface area contributed by atoms with Crippen molar-refractivity contribution in [3.63, 3.8) is 0 Å². The zero-order chi connectivity index (χ0) is 13.5. The van der Waals surface area contributed by atoms with Crippen molar-refractivity contribution < 1.29 is 14.4 Å². The summed E-state index contributed by atoms with van der Waals surface area (Å²) in [4.78, 5) is 37.8. The number of rotatable bonds is 2. The lowest BCUT2D eigenvalue weighted by Gasteiger charge is -2.25. The average Bonchev–Trinajstić information content (AvgIpc) is 2.51. The molecule has 0 spiro atoms. The maximum absolute atomic E-state index is 12.2. The molecule has 1 amide bonds. The van der Waals surface area contributed by atoms with E-state index in [0.29, 0.717) is 5.56 Å². The molecule has 0 radical (unpaired) electrons. The van der Waals surface area contributed by atoms with Gasteiger partial charge >= 0.3 is 0 Å². The fraction of sp³-hybridized carbons (Fsp3) is 0.357. The Bertz CT molecular complexity index is 519. The Kier molecular flexibility index (Phi) is 2.81. The number of carbonyl (C=O) groups is 3. The van der Waals surface area contributed by atoms with Gasteiger partial charge in [-0.25, -0.2) is 0 Å². The molecule has 1 aromatic rings. The first-order chi connectivity index (χ1) is 8.37. The molecule has 0 saturated carbocycles. The molecule has 0 aliphatic carbocycles. The summed E-state index contributed by atoms with van der Waals surface area (Å²) in [6, 6.07) is 8.45. The lowest BCUT2D eigenvalue weighted by atomic mass is 9.89. The second-order valence-electron chi connectivity index (χ2n) is 4.98. The Hall–Kier alpha value is -1.97. The summed E-state index contributed by atoms with van der Waals surface area (Å²) in [6.07, 6.45) is 0. The van der Waals surface area contributed by atoms with Gasteiger partial charge in [-0.3, -0.25) is 14.4 Å². The van der Waals surface area contributed by atoms with Gasteiger partial charge in [0.05, 0.1) is 5.54 Å². The summed E-state index contributed by atoms with van der Waals surface area (Å²) in [5, 5.41) is 0. The van der Waals surface area contributed by atoms with Crippen LogP contribution in [0.2, 0.25) is 0 Å². The number of likely N-dealkylation sites (N-methyl/N-ethyl adjacent to an activating group) is 1. The Balaban J connectivity index is 2.39. The fourth-order valence-electron chi connectivity index (χ4n) is 2.10. The molecule has 1 fully saturated rings. The lowest BCUT2D eigenvalue weighted by Crippen LogP contribution is -2.41. The molecule has 1 heterocycles. The number of benzene rings is 1. The van der Waals surface area contributed by atoms with Crippen molar-refractivity contribution in [1.29, 1.82) is 0 Å². The SMILES string of the molecule is CN1C(=O)C(C(=O)c2ccccc2)C(=O)C1(C)C. The number of likely N-dealkylation sites (tertiary alicyclic amines) is 1. The van der Waals surface area contributed by atoms with Gasteiger partial charge in [-0.2, -0.15) is 0 Å². The molecule has 0 N–H and O–H groups in total. The van der Waals surface area contributed by atoms with Crippen LogP contribution in [0.25, 0.3) is 0 Å². The third kappa shape index (κ3) is 1.65. The zero-order valence-corrected chi connectivity index (χ0v) is 10.6. The summed E-state index contributed by atoms with van der Waals surface area (Å²) in [5.41, 5.74) is -0.512. The van der Waals surface area contributed by atoms with E-state index in [1.165, 1.54) is 4.90 Å². The zero-order valence-electron chi connectivity index (χ0n) is 10.6. The quantitative estimate of drug-likeness (QED) is 0.583. The standard InChI is InChI=1S/C14H15NO3/c1-14(2)12(17)10(13(18)15(14)3)11(16)9-7-5-4-6-8-9/h4-8,10H,1-3H3. The highest BCUT2D eigenvalue weighted by molar-refractivity contribution is 6.29. The van der Waals surface area contributed by atoms with E-state index in [-0.39, 0.29) is 5.78 Å².